The summed E-state index contributed by atoms with van der Waals surface area (Å²) in [5.41, 5.74) is 0.132. The summed E-state index contributed by atoms with van der Waals surface area (Å²) in [4.78, 5) is 7.26. The van der Waals surface area contributed by atoms with Crippen molar-refractivity contribution in [2.45, 2.75) is 0 Å². The van der Waals surface area contributed by atoms with Gasteiger partial charge < -0.3 is 10.1 Å². The summed E-state index contributed by atoms with van der Waals surface area (Å²) in [6.45, 7) is 0. The number of para-hydroxylation sites is 1. The molecule has 6 heteroatoms. The van der Waals surface area contributed by atoms with E-state index in [1.807, 2.05) is 0 Å². The maximum atomic E-state index is 13.7. The zero-order valence-corrected chi connectivity index (χ0v) is 8.95. The van der Waals surface area contributed by atoms with Gasteiger partial charge in [-0.25, -0.2) is 9.37 Å². The minimum atomic E-state index is -0.766. The fraction of sp³-hybridized carbons (Fsp3) is 0.0909. The summed E-state index contributed by atoms with van der Waals surface area (Å²) < 4.78 is 31.7. The summed E-state index contributed by atoms with van der Waals surface area (Å²) in [5.74, 6) is -1.59. The molecule has 0 fully saturated rings. The van der Waals surface area contributed by atoms with Crippen molar-refractivity contribution in [3.63, 3.8) is 0 Å². The average molecular weight is 237 g/mol. The molecule has 17 heavy (non-hydrogen) atoms. The van der Waals surface area contributed by atoms with Crippen molar-refractivity contribution in [3.8, 4) is 5.88 Å². The Kier molecular flexibility index (Phi) is 3.13. The van der Waals surface area contributed by atoms with E-state index in [0.717, 1.165) is 6.33 Å². The summed E-state index contributed by atoms with van der Waals surface area (Å²) in [5, 5.41) is 2.53. The third-order valence-electron chi connectivity index (χ3n) is 2.08. The number of anilines is 2. The largest absolute Gasteiger partial charge is 0.479 e. The molecule has 2 rings (SSSR count). The Morgan fingerprint density at radius 3 is 2.65 bits per heavy atom. The Bertz CT molecular complexity index is 534. The second-order valence-electron chi connectivity index (χ2n) is 3.15. The van der Waals surface area contributed by atoms with Crippen LogP contribution in [0.4, 0.5) is 20.3 Å². The first kappa shape index (κ1) is 11.3. The van der Waals surface area contributed by atoms with Crippen molar-refractivity contribution in [1.29, 1.82) is 0 Å². The number of ether oxygens (including phenoxy) is 1. The minimum absolute atomic E-state index is 0.132. The first-order valence-electron chi connectivity index (χ1n) is 4.78. The van der Waals surface area contributed by atoms with Crippen LogP contribution in [0.1, 0.15) is 0 Å². The molecule has 0 spiro atoms. The SMILES string of the molecule is COc1ncnc(Nc2ccccc2F)c1F. The topological polar surface area (TPSA) is 47.0 Å². The van der Waals surface area contributed by atoms with Crippen LogP contribution in [-0.2, 0) is 0 Å². The van der Waals surface area contributed by atoms with Crippen LogP contribution in [0.2, 0.25) is 0 Å². The first-order chi connectivity index (χ1) is 8.22. The molecule has 4 nitrogen and oxygen atoms in total. The van der Waals surface area contributed by atoms with Crippen molar-refractivity contribution in [3.05, 3.63) is 42.2 Å². The molecule has 1 aromatic carbocycles. The summed E-state index contributed by atoms with van der Waals surface area (Å²) in [6, 6.07) is 5.90. The van der Waals surface area contributed by atoms with E-state index in [9.17, 15) is 8.78 Å². The van der Waals surface area contributed by atoms with E-state index in [2.05, 4.69) is 15.3 Å². The Labute approximate surface area is 96.3 Å². The summed E-state index contributed by atoms with van der Waals surface area (Å²) >= 11 is 0. The van der Waals surface area contributed by atoms with Crippen molar-refractivity contribution in [1.82, 2.24) is 9.97 Å². The third kappa shape index (κ3) is 2.30. The second kappa shape index (κ2) is 4.73. The second-order valence-corrected chi connectivity index (χ2v) is 3.15. The third-order valence-corrected chi connectivity index (χ3v) is 2.08. The van der Waals surface area contributed by atoms with Gasteiger partial charge in [0, 0.05) is 0 Å². The Morgan fingerprint density at radius 1 is 1.18 bits per heavy atom. The molecule has 88 valence electrons. The van der Waals surface area contributed by atoms with E-state index in [-0.39, 0.29) is 17.4 Å². The van der Waals surface area contributed by atoms with Gasteiger partial charge in [0.05, 0.1) is 12.8 Å². The predicted molar refractivity (Wildman–Crippen MR) is 58.2 cm³/mol. The normalized spacial score (nSPS) is 10.1. The fourth-order valence-electron chi connectivity index (χ4n) is 1.27. The van der Waals surface area contributed by atoms with Gasteiger partial charge in [-0.15, -0.1) is 0 Å². The van der Waals surface area contributed by atoms with Crippen LogP contribution in [0.15, 0.2) is 30.6 Å². The van der Waals surface area contributed by atoms with E-state index in [1.165, 1.54) is 25.3 Å². The van der Waals surface area contributed by atoms with Gasteiger partial charge in [0.15, 0.2) is 5.82 Å². The van der Waals surface area contributed by atoms with Gasteiger partial charge in [0.2, 0.25) is 5.82 Å². The van der Waals surface area contributed by atoms with Crippen molar-refractivity contribution < 1.29 is 13.5 Å². The van der Waals surface area contributed by atoms with E-state index in [0.29, 0.717) is 0 Å². The highest BCUT2D eigenvalue weighted by atomic mass is 19.1. The van der Waals surface area contributed by atoms with Gasteiger partial charge in [-0.05, 0) is 12.1 Å². The van der Waals surface area contributed by atoms with E-state index >= 15 is 0 Å². The Balaban J connectivity index is 2.34. The molecular formula is C11H9F2N3O. The monoisotopic (exact) mass is 237 g/mol. The molecule has 0 aliphatic carbocycles. The maximum absolute atomic E-state index is 13.7. The molecule has 0 atom stereocenters. The van der Waals surface area contributed by atoms with Crippen LogP contribution >= 0.6 is 0 Å². The van der Waals surface area contributed by atoms with Crippen LogP contribution in [0.3, 0.4) is 0 Å². The Morgan fingerprint density at radius 2 is 1.94 bits per heavy atom. The van der Waals surface area contributed by atoms with E-state index < -0.39 is 11.6 Å². The molecule has 0 unspecified atom stereocenters. The molecule has 0 amide bonds. The lowest BCUT2D eigenvalue weighted by Gasteiger charge is -2.08. The number of methoxy groups -OCH3 is 1. The zero-order chi connectivity index (χ0) is 12.3. The maximum Gasteiger partial charge on any atom is 0.255 e. The predicted octanol–water partition coefficient (Wildman–Crippen LogP) is 2.51. The van der Waals surface area contributed by atoms with Crippen LogP contribution in [0, 0.1) is 11.6 Å². The van der Waals surface area contributed by atoms with E-state index in [4.69, 9.17) is 4.74 Å². The van der Waals surface area contributed by atoms with Gasteiger partial charge >= 0.3 is 0 Å². The van der Waals surface area contributed by atoms with Gasteiger partial charge in [0.25, 0.3) is 5.88 Å². The number of rotatable bonds is 3. The lowest BCUT2D eigenvalue weighted by molar-refractivity contribution is 0.368. The number of aromatic nitrogens is 2. The van der Waals surface area contributed by atoms with Gasteiger partial charge in [0.1, 0.15) is 12.1 Å². The molecule has 2 aromatic rings. The summed E-state index contributed by atoms with van der Waals surface area (Å²) in [7, 11) is 1.29. The highest BCUT2D eigenvalue weighted by Crippen LogP contribution is 2.23. The number of nitrogens with zero attached hydrogens (tertiary/aromatic N) is 2. The molecular weight excluding hydrogens is 228 g/mol. The van der Waals surface area contributed by atoms with Crippen molar-refractivity contribution in [2.75, 3.05) is 12.4 Å². The number of nitrogens with one attached hydrogen (secondary N) is 1. The average Bonchev–Trinajstić information content (AvgIpc) is 2.34. The zero-order valence-electron chi connectivity index (χ0n) is 8.95. The molecule has 1 N–H and O–H groups in total. The molecule has 1 aromatic heterocycles. The van der Waals surface area contributed by atoms with Gasteiger partial charge in [-0.3, -0.25) is 0 Å². The molecule has 0 aliphatic heterocycles. The number of hydrogen-bond donors (Lipinski definition) is 1. The van der Waals surface area contributed by atoms with Crippen LogP contribution in [0.5, 0.6) is 5.88 Å². The highest BCUT2D eigenvalue weighted by Gasteiger charge is 2.12. The first-order valence-corrected chi connectivity index (χ1v) is 4.78. The van der Waals surface area contributed by atoms with Crippen molar-refractivity contribution in [2.24, 2.45) is 0 Å². The van der Waals surface area contributed by atoms with Crippen LogP contribution in [-0.4, -0.2) is 17.1 Å². The lowest BCUT2D eigenvalue weighted by atomic mass is 10.3. The van der Waals surface area contributed by atoms with Crippen LogP contribution in [0.25, 0.3) is 0 Å². The van der Waals surface area contributed by atoms with Crippen molar-refractivity contribution >= 4 is 11.5 Å². The highest BCUT2D eigenvalue weighted by molar-refractivity contribution is 5.57. The van der Waals surface area contributed by atoms with E-state index in [1.54, 1.807) is 6.07 Å². The van der Waals surface area contributed by atoms with Gasteiger partial charge in [-0.1, -0.05) is 12.1 Å². The van der Waals surface area contributed by atoms with Gasteiger partial charge in [-0.2, -0.15) is 9.37 Å². The Hall–Kier alpha value is -2.24. The number of hydrogen-bond acceptors (Lipinski definition) is 4. The standard InChI is InChI=1S/C11H9F2N3O/c1-17-11-9(13)10(14-6-15-11)16-8-5-3-2-4-7(8)12/h2-6H,1H3,(H,14,15,16). The van der Waals surface area contributed by atoms with Crippen LogP contribution < -0.4 is 10.1 Å². The fourth-order valence-corrected chi connectivity index (χ4v) is 1.27. The molecule has 0 bridgehead atoms. The molecule has 0 saturated heterocycles. The molecule has 0 radical (unpaired) electrons. The summed E-state index contributed by atoms with van der Waals surface area (Å²) in [6.07, 6.45) is 1.13. The molecule has 1 heterocycles. The number of benzene rings is 1. The smallest absolute Gasteiger partial charge is 0.255 e. The lowest BCUT2D eigenvalue weighted by Crippen LogP contribution is -2.02. The quantitative estimate of drug-likeness (QED) is 0.890. The molecule has 0 aliphatic rings. The molecule has 0 saturated carbocycles. The minimum Gasteiger partial charge on any atom is -0.479 e. The number of halogens is 2.